The minimum absolute atomic E-state index is 0.0313. The standard InChI is InChI=1S/C23H32O3/c1-6-8-9-11-18(10-7-2)22(23(25)26)21(24)15-19-14-17(5)12-13-20(19)16(3)4/h2,10,14,19-20,24H,3,6,8-9,11-13,15H2,1,4-5H3,(H,25,26)/b18-10-,22-21-. The molecule has 0 aromatic rings. The third-order valence-corrected chi connectivity index (χ3v) is 5.06. The lowest BCUT2D eigenvalue weighted by Gasteiger charge is -2.30. The second-order valence-electron chi connectivity index (χ2n) is 7.29. The lowest BCUT2D eigenvalue weighted by molar-refractivity contribution is -0.132. The van der Waals surface area contributed by atoms with Crippen LogP contribution in [0.4, 0.5) is 0 Å². The highest BCUT2D eigenvalue weighted by atomic mass is 16.4. The molecule has 0 bridgehead atoms. The van der Waals surface area contributed by atoms with Crippen molar-refractivity contribution in [3.63, 3.8) is 0 Å². The van der Waals surface area contributed by atoms with Crippen molar-refractivity contribution >= 4 is 5.97 Å². The van der Waals surface area contributed by atoms with Crippen LogP contribution in [0.25, 0.3) is 0 Å². The minimum Gasteiger partial charge on any atom is -0.511 e. The molecule has 142 valence electrons. The second kappa shape index (κ2) is 10.7. The van der Waals surface area contributed by atoms with E-state index >= 15 is 0 Å². The quantitative estimate of drug-likeness (QED) is 0.134. The Labute approximate surface area is 158 Å². The van der Waals surface area contributed by atoms with E-state index in [1.807, 2.05) is 6.92 Å². The van der Waals surface area contributed by atoms with Gasteiger partial charge < -0.3 is 10.2 Å². The normalized spacial score (nSPS) is 21.5. The number of hydrogen-bond donors (Lipinski definition) is 2. The van der Waals surface area contributed by atoms with Crippen LogP contribution in [0.1, 0.15) is 65.7 Å². The Balaban J connectivity index is 3.18. The summed E-state index contributed by atoms with van der Waals surface area (Å²) < 4.78 is 0. The van der Waals surface area contributed by atoms with Crippen molar-refractivity contribution < 1.29 is 15.0 Å². The van der Waals surface area contributed by atoms with E-state index < -0.39 is 5.97 Å². The number of carboxylic acids is 1. The van der Waals surface area contributed by atoms with E-state index in [1.54, 1.807) is 0 Å². The fourth-order valence-corrected chi connectivity index (χ4v) is 3.68. The number of terminal acetylenes is 1. The molecule has 1 rings (SSSR count). The molecule has 2 N–H and O–H groups in total. The first-order chi connectivity index (χ1) is 12.3. The number of hydrogen-bond acceptors (Lipinski definition) is 2. The van der Waals surface area contributed by atoms with E-state index in [1.165, 1.54) is 11.6 Å². The number of carbonyl (C=O) groups is 1. The molecule has 0 amide bonds. The van der Waals surface area contributed by atoms with Gasteiger partial charge in [-0.15, -0.1) is 6.42 Å². The van der Waals surface area contributed by atoms with Crippen molar-refractivity contribution in [3.05, 3.63) is 46.8 Å². The monoisotopic (exact) mass is 356 g/mol. The maximum Gasteiger partial charge on any atom is 0.339 e. The highest BCUT2D eigenvalue weighted by Crippen LogP contribution is 2.37. The third-order valence-electron chi connectivity index (χ3n) is 5.06. The average Bonchev–Trinajstić information content (AvgIpc) is 2.54. The minimum atomic E-state index is -1.12. The molecule has 3 nitrogen and oxygen atoms in total. The topological polar surface area (TPSA) is 57.5 Å². The molecule has 26 heavy (non-hydrogen) atoms. The van der Waals surface area contributed by atoms with Gasteiger partial charge in [-0.2, -0.15) is 0 Å². The molecule has 1 aliphatic carbocycles. The number of unbranched alkanes of at least 4 members (excludes halogenated alkanes) is 2. The first-order valence-corrected chi connectivity index (χ1v) is 9.45. The number of aliphatic hydroxyl groups excluding tert-OH is 1. The molecule has 0 fully saturated rings. The number of aliphatic carboxylic acids is 1. The second-order valence-corrected chi connectivity index (χ2v) is 7.29. The number of allylic oxidation sites excluding steroid dienone is 5. The molecule has 0 heterocycles. The molecule has 0 spiro atoms. The number of carboxylic acid groups (broad SMARTS) is 1. The summed E-state index contributed by atoms with van der Waals surface area (Å²) >= 11 is 0. The van der Waals surface area contributed by atoms with E-state index in [-0.39, 0.29) is 23.2 Å². The average molecular weight is 357 g/mol. The van der Waals surface area contributed by atoms with Crippen molar-refractivity contribution in [3.8, 4) is 12.3 Å². The summed E-state index contributed by atoms with van der Waals surface area (Å²) in [4.78, 5) is 11.9. The predicted octanol–water partition coefficient (Wildman–Crippen LogP) is 5.96. The van der Waals surface area contributed by atoms with Gasteiger partial charge in [-0.1, -0.05) is 49.5 Å². The molecule has 2 atom stereocenters. The molecule has 0 radical (unpaired) electrons. The van der Waals surface area contributed by atoms with Crippen molar-refractivity contribution in [1.82, 2.24) is 0 Å². The Morgan fingerprint density at radius 3 is 2.65 bits per heavy atom. The van der Waals surface area contributed by atoms with Gasteiger partial charge in [0.15, 0.2) is 0 Å². The molecular formula is C23H32O3. The molecule has 0 aromatic heterocycles. The van der Waals surface area contributed by atoms with Crippen LogP contribution in [0.3, 0.4) is 0 Å². The van der Waals surface area contributed by atoms with Crippen molar-refractivity contribution in [2.75, 3.05) is 0 Å². The fraction of sp³-hybridized carbons (Fsp3) is 0.522. The largest absolute Gasteiger partial charge is 0.511 e. The van der Waals surface area contributed by atoms with Gasteiger partial charge >= 0.3 is 5.97 Å². The van der Waals surface area contributed by atoms with Gasteiger partial charge in [0.2, 0.25) is 0 Å². The molecule has 0 aromatic carbocycles. The highest BCUT2D eigenvalue weighted by molar-refractivity contribution is 5.92. The Morgan fingerprint density at radius 2 is 2.12 bits per heavy atom. The number of aliphatic hydroxyl groups is 1. The van der Waals surface area contributed by atoms with Crippen molar-refractivity contribution in [2.45, 2.75) is 65.7 Å². The van der Waals surface area contributed by atoms with Crippen LogP contribution in [-0.2, 0) is 4.79 Å². The van der Waals surface area contributed by atoms with Crippen LogP contribution in [0, 0.1) is 24.2 Å². The summed E-state index contributed by atoms with van der Waals surface area (Å²) in [5.41, 5.74) is 2.86. The predicted molar refractivity (Wildman–Crippen MR) is 108 cm³/mol. The molecule has 0 saturated heterocycles. The van der Waals surface area contributed by atoms with Crippen LogP contribution in [0.2, 0.25) is 0 Å². The van der Waals surface area contributed by atoms with Crippen LogP contribution in [-0.4, -0.2) is 16.2 Å². The van der Waals surface area contributed by atoms with E-state index in [0.717, 1.165) is 37.7 Å². The molecular weight excluding hydrogens is 324 g/mol. The van der Waals surface area contributed by atoms with Gasteiger partial charge in [0.1, 0.15) is 11.3 Å². The van der Waals surface area contributed by atoms with E-state index in [9.17, 15) is 15.0 Å². The Bertz CT molecular complexity index is 655. The fourth-order valence-electron chi connectivity index (χ4n) is 3.68. The van der Waals surface area contributed by atoms with Crippen molar-refractivity contribution in [2.24, 2.45) is 11.8 Å². The molecule has 0 saturated carbocycles. The van der Waals surface area contributed by atoms with Crippen LogP contribution in [0.15, 0.2) is 46.8 Å². The Morgan fingerprint density at radius 1 is 1.42 bits per heavy atom. The smallest absolute Gasteiger partial charge is 0.339 e. The van der Waals surface area contributed by atoms with Crippen molar-refractivity contribution in [1.29, 1.82) is 0 Å². The zero-order chi connectivity index (χ0) is 19.7. The van der Waals surface area contributed by atoms with E-state index in [0.29, 0.717) is 18.4 Å². The first-order valence-electron chi connectivity index (χ1n) is 9.45. The van der Waals surface area contributed by atoms with Gasteiger partial charge in [0.25, 0.3) is 0 Å². The van der Waals surface area contributed by atoms with Crippen LogP contribution in [0.5, 0.6) is 0 Å². The summed E-state index contributed by atoms with van der Waals surface area (Å²) in [5, 5.41) is 20.4. The lowest BCUT2D eigenvalue weighted by Crippen LogP contribution is -2.20. The van der Waals surface area contributed by atoms with Crippen LogP contribution >= 0.6 is 0 Å². The summed E-state index contributed by atoms with van der Waals surface area (Å²) in [5.74, 6) is 1.55. The summed E-state index contributed by atoms with van der Waals surface area (Å²) in [7, 11) is 0. The molecule has 2 unspecified atom stereocenters. The van der Waals surface area contributed by atoms with E-state index in [4.69, 9.17) is 6.42 Å². The maximum atomic E-state index is 11.9. The molecule has 0 aliphatic heterocycles. The Hall–Kier alpha value is -2.21. The zero-order valence-electron chi connectivity index (χ0n) is 16.3. The van der Waals surface area contributed by atoms with Crippen LogP contribution < -0.4 is 0 Å². The summed E-state index contributed by atoms with van der Waals surface area (Å²) in [6, 6.07) is 0. The van der Waals surface area contributed by atoms with Gasteiger partial charge in [-0.25, -0.2) is 4.79 Å². The summed E-state index contributed by atoms with van der Waals surface area (Å²) in [6.45, 7) is 10.2. The van der Waals surface area contributed by atoms with Gasteiger partial charge in [0.05, 0.1) is 0 Å². The molecule has 3 heteroatoms. The third kappa shape index (κ3) is 6.26. The lowest BCUT2D eigenvalue weighted by atomic mass is 9.75. The molecule has 1 aliphatic rings. The van der Waals surface area contributed by atoms with Gasteiger partial charge in [-0.05, 0) is 63.0 Å². The Kier molecular flexibility index (Phi) is 8.99. The van der Waals surface area contributed by atoms with Gasteiger partial charge in [0, 0.05) is 6.42 Å². The summed E-state index contributed by atoms with van der Waals surface area (Å²) in [6.07, 6.45) is 14.8. The number of rotatable bonds is 9. The first kappa shape index (κ1) is 21.8. The maximum absolute atomic E-state index is 11.9. The van der Waals surface area contributed by atoms with E-state index in [2.05, 4.69) is 32.4 Å². The van der Waals surface area contributed by atoms with Gasteiger partial charge in [-0.3, -0.25) is 0 Å². The SMILES string of the molecule is C#C/C=C(CCCCC)\C(C(=O)O)=C(\O)CC1C=C(C)CCC1C(=C)C. The zero-order valence-corrected chi connectivity index (χ0v) is 16.3. The highest BCUT2D eigenvalue weighted by Gasteiger charge is 2.28.